The molecule has 0 aliphatic rings. The van der Waals surface area contributed by atoms with Gasteiger partial charge in [0.15, 0.2) is 0 Å². The summed E-state index contributed by atoms with van der Waals surface area (Å²) in [5, 5.41) is 2.77. The second kappa shape index (κ2) is 6.20. The molecule has 1 aromatic carbocycles. The lowest BCUT2D eigenvalue weighted by molar-refractivity contribution is 0.0951. The smallest absolute Gasteiger partial charge is 0.251 e. The van der Waals surface area contributed by atoms with Gasteiger partial charge in [-0.25, -0.2) is 0 Å². The van der Waals surface area contributed by atoms with E-state index in [0.717, 1.165) is 5.75 Å². The summed E-state index contributed by atoms with van der Waals surface area (Å²) in [5.74, 6) is 0.570. The number of nitrogens with two attached hydrogens (primary N) is 1. The lowest BCUT2D eigenvalue weighted by atomic mass is 10.1. The Morgan fingerprint density at radius 3 is 2.53 bits per heavy atom. The van der Waals surface area contributed by atoms with Crippen molar-refractivity contribution < 1.29 is 9.53 Å². The van der Waals surface area contributed by atoms with E-state index < -0.39 is 0 Å². The van der Waals surface area contributed by atoms with Crippen LogP contribution in [0.5, 0.6) is 5.75 Å². The highest BCUT2D eigenvalue weighted by Crippen LogP contribution is 2.11. The number of benzene rings is 1. The van der Waals surface area contributed by atoms with Gasteiger partial charge in [0, 0.05) is 18.0 Å². The Hall–Kier alpha value is -1.62. The molecular formula is C12H16N2O2S. The van der Waals surface area contributed by atoms with Crippen LogP contribution in [0.15, 0.2) is 24.3 Å². The van der Waals surface area contributed by atoms with E-state index in [2.05, 4.69) is 5.32 Å². The van der Waals surface area contributed by atoms with Crippen LogP contribution in [-0.4, -0.2) is 24.6 Å². The molecule has 4 nitrogen and oxygen atoms in total. The normalized spacial score (nSPS) is 11.6. The maximum Gasteiger partial charge on any atom is 0.251 e. The largest absolute Gasteiger partial charge is 0.497 e. The fraction of sp³-hybridized carbons (Fsp3) is 0.333. The Balaban J connectivity index is 2.55. The molecule has 0 fully saturated rings. The Bertz CT molecular complexity index is 403. The van der Waals surface area contributed by atoms with E-state index in [4.69, 9.17) is 22.7 Å². The minimum atomic E-state index is -0.143. The molecule has 1 atom stereocenters. The molecule has 1 aromatic rings. The summed E-state index contributed by atoms with van der Waals surface area (Å²) in [6.45, 7) is 2.32. The van der Waals surface area contributed by atoms with Crippen LogP contribution in [0, 0.1) is 5.92 Å². The Morgan fingerprint density at radius 1 is 1.47 bits per heavy atom. The summed E-state index contributed by atoms with van der Waals surface area (Å²) in [7, 11) is 1.58. The standard InChI is InChI=1S/C12H16N2O2S/c1-8(11(13)17)7-14-12(15)9-3-5-10(16-2)6-4-9/h3-6,8H,7H2,1-2H3,(H2,13,17)(H,14,15). The van der Waals surface area contributed by atoms with Crippen molar-refractivity contribution in [1.29, 1.82) is 0 Å². The molecule has 0 aliphatic heterocycles. The highest BCUT2D eigenvalue weighted by molar-refractivity contribution is 7.80. The van der Waals surface area contributed by atoms with Crippen molar-refractivity contribution in [2.75, 3.05) is 13.7 Å². The number of carbonyl (C=O) groups is 1. The summed E-state index contributed by atoms with van der Waals surface area (Å²) >= 11 is 4.83. The Kier molecular flexibility index (Phi) is 4.90. The van der Waals surface area contributed by atoms with E-state index in [1.807, 2.05) is 6.92 Å². The third-order valence-corrected chi connectivity index (χ3v) is 2.81. The van der Waals surface area contributed by atoms with Gasteiger partial charge in [-0.05, 0) is 24.3 Å². The van der Waals surface area contributed by atoms with Crippen LogP contribution >= 0.6 is 12.2 Å². The highest BCUT2D eigenvalue weighted by Gasteiger charge is 2.09. The zero-order valence-electron chi connectivity index (χ0n) is 9.90. The molecule has 1 unspecified atom stereocenters. The van der Waals surface area contributed by atoms with Crippen LogP contribution < -0.4 is 15.8 Å². The van der Waals surface area contributed by atoms with Crippen LogP contribution in [0.2, 0.25) is 0 Å². The molecule has 0 spiro atoms. The van der Waals surface area contributed by atoms with Crippen LogP contribution in [0.25, 0.3) is 0 Å². The van der Waals surface area contributed by atoms with Crippen LogP contribution in [-0.2, 0) is 0 Å². The van der Waals surface area contributed by atoms with Gasteiger partial charge in [0.1, 0.15) is 5.75 Å². The van der Waals surface area contributed by atoms with Gasteiger partial charge in [-0.3, -0.25) is 4.79 Å². The summed E-state index contributed by atoms with van der Waals surface area (Å²) in [4.78, 5) is 12.1. The van der Waals surface area contributed by atoms with Crippen molar-refractivity contribution in [1.82, 2.24) is 5.32 Å². The number of thiocarbonyl (C=S) groups is 1. The zero-order chi connectivity index (χ0) is 12.8. The van der Waals surface area contributed by atoms with E-state index in [-0.39, 0.29) is 11.8 Å². The maximum absolute atomic E-state index is 11.7. The molecule has 0 bridgehead atoms. The first kappa shape index (κ1) is 13.4. The second-order valence-electron chi connectivity index (χ2n) is 3.74. The molecule has 0 aromatic heterocycles. The predicted octanol–water partition coefficient (Wildman–Crippen LogP) is 1.35. The highest BCUT2D eigenvalue weighted by atomic mass is 32.1. The summed E-state index contributed by atoms with van der Waals surface area (Å²) in [6.07, 6.45) is 0. The van der Waals surface area contributed by atoms with Crippen LogP contribution in [0.3, 0.4) is 0 Å². The van der Waals surface area contributed by atoms with Crippen molar-refractivity contribution >= 4 is 23.1 Å². The lowest BCUT2D eigenvalue weighted by Crippen LogP contribution is -2.33. The quantitative estimate of drug-likeness (QED) is 0.776. The fourth-order valence-corrected chi connectivity index (χ4v) is 1.27. The molecule has 0 heterocycles. The molecule has 17 heavy (non-hydrogen) atoms. The first-order valence-electron chi connectivity index (χ1n) is 5.26. The lowest BCUT2D eigenvalue weighted by Gasteiger charge is -2.11. The number of amides is 1. The SMILES string of the molecule is COc1ccc(C(=O)NCC(C)C(N)=S)cc1. The van der Waals surface area contributed by atoms with Gasteiger partial charge in [-0.1, -0.05) is 19.1 Å². The predicted molar refractivity (Wildman–Crippen MR) is 71.3 cm³/mol. The van der Waals surface area contributed by atoms with Gasteiger partial charge in [0.05, 0.1) is 12.1 Å². The number of rotatable bonds is 5. The van der Waals surface area contributed by atoms with E-state index >= 15 is 0 Å². The van der Waals surface area contributed by atoms with Gasteiger partial charge in [0.25, 0.3) is 5.91 Å². The molecule has 5 heteroatoms. The summed E-state index contributed by atoms with van der Waals surface area (Å²) in [5.41, 5.74) is 6.05. The molecule has 1 amide bonds. The molecule has 0 radical (unpaired) electrons. The summed E-state index contributed by atoms with van der Waals surface area (Å²) in [6, 6.07) is 6.90. The minimum absolute atomic E-state index is 0.00722. The molecule has 0 saturated carbocycles. The first-order valence-corrected chi connectivity index (χ1v) is 5.67. The van der Waals surface area contributed by atoms with Gasteiger partial charge in [0.2, 0.25) is 0 Å². The van der Waals surface area contributed by atoms with Crippen molar-refractivity contribution in [2.45, 2.75) is 6.92 Å². The molecule has 92 valence electrons. The number of carbonyl (C=O) groups excluding carboxylic acids is 1. The van der Waals surface area contributed by atoms with E-state index in [0.29, 0.717) is 17.1 Å². The van der Waals surface area contributed by atoms with Crippen molar-refractivity contribution in [3.05, 3.63) is 29.8 Å². The van der Waals surface area contributed by atoms with Gasteiger partial charge in [-0.15, -0.1) is 0 Å². The number of hydrogen-bond donors (Lipinski definition) is 2. The summed E-state index contributed by atoms with van der Waals surface area (Å²) < 4.78 is 5.01. The molecular weight excluding hydrogens is 236 g/mol. The first-order chi connectivity index (χ1) is 8.04. The van der Waals surface area contributed by atoms with Crippen molar-refractivity contribution in [3.8, 4) is 5.75 Å². The Morgan fingerprint density at radius 2 is 2.06 bits per heavy atom. The third kappa shape index (κ3) is 4.03. The number of methoxy groups -OCH3 is 1. The fourth-order valence-electron chi connectivity index (χ4n) is 1.19. The van der Waals surface area contributed by atoms with Crippen LogP contribution in [0.1, 0.15) is 17.3 Å². The average Bonchev–Trinajstić information content (AvgIpc) is 2.35. The van der Waals surface area contributed by atoms with Gasteiger partial charge < -0.3 is 15.8 Å². The molecule has 1 rings (SSSR count). The molecule has 0 saturated heterocycles. The van der Waals surface area contributed by atoms with Crippen molar-refractivity contribution in [2.24, 2.45) is 11.7 Å². The van der Waals surface area contributed by atoms with E-state index in [1.54, 1.807) is 31.4 Å². The topological polar surface area (TPSA) is 64.3 Å². The van der Waals surface area contributed by atoms with E-state index in [9.17, 15) is 4.79 Å². The third-order valence-electron chi connectivity index (χ3n) is 2.41. The minimum Gasteiger partial charge on any atom is -0.497 e. The second-order valence-corrected chi connectivity index (χ2v) is 4.21. The maximum atomic E-state index is 11.7. The van der Waals surface area contributed by atoms with Crippen molar-refractivity contribution in [3.63, 3.8) is 0 Å². The van der Waals surface area contributed by atoms with Gasteiger partial charge in [-0.2, -0.15) is 0 Å². The number of ether oxygens (including phenoxy) is 1. The number of nitrogens with one attached hydrogen (secondary N) is 1. The molecule has 3 N–H and O–H groups in total. The average molecular weight is 252 g/mol. The van der Waals surface area contributed by atoms with Crippen LogP contribution in [0.4, 0.5) is 0 Å². The van der Waals surface area contributed by atoms with Gasteiger partial charge >= 0.3 is 0 Å². The number of hydrogen-bond acceptors (Lipinski definition) is 3. The Labute approximate surface area is 106 Å². The molecule has 0 aliphatic carbocycles. The van der Waals surface area contributed by atoms with E-state index in [1.165, 1.54) is 0 Å². The monoisotopic (exact) mass is 252 g/mol. The zero-order valence-corrected chi connectivity index (χ0v) is 10.7.